The topological polar surface area (TPSA) is 9.23 Å². The second kappa shape index (κ2) is 4.35. The van der Waals surface area contributed by atoms with Crippen molar-refractivity contribution >= 4 is 0 Å². The Balaban J connectivity index is 2.76. The molecule has 0 spiro atoms. The first kappa shape index (κ1) is 11.6. The first-order valence-electron chi connectivity index (χ1n) is 4.81. The van der Waals surface area contributed by atoms with Crippen molar-refractivity contribution in [3.8, 4) is 18.1 Å². The van der Waals surface area contributed by atoms with Gasteiger partial charge in [0, 0.05) is 5.56 Å². The molecule has 1 rings (SSSR count). The first-order chi connectivity index (χ1) is 6.92. The summed E-state index contributed by atoms with van der Waals surface area (Å²) in [5.74, 6) is 2.22. The van der Waals surface area contributed by atoms with E-state index in [1.165, 1.54) is 6.07 Å². The van der Waals surface area contributed by atoms with Crippen LogP contribution in [0.3, 0.4) is 0 Å². The van der Waals surface area contributed by atoms with Gasteiger partial charge in [-0.3, -0.25) is 0 Å². The monoisotopic (exact) mass is 206 g/mol. The minimum absolute atomic E-state index is 0.0111. The summed E-state index contributed by atoms with van der Waals surface area (Å²) in [7, 11) is 0. The molecule has 0 N–H and O–H groups in total. The molecular formula is C13H15FO. The molecule has 15 heavy (non-hydrogen) atoms. The Kier molecular flexibility index (Phi) is 3.36. The van der Waals surface area contributed by atoms with Gasteiger partial charge in [0.25, 0.3) is 0 Å². The zero-order valence-electron chi connectivity index (χ0n) is 9.30. The van der Waals surface area contributed by atoms with Crippen molar-refractivity contribution in [3.05, 3.63) is 29.6 Å². The summed E-state index contributed by atoms with van der Waals surface area (Å²) in [5.41, 5.74) is 0.535. The molecule has 1 aromatic rings. The Morgan fingerprint density at radius 3 is 2.53 bits per heavy atom. The molecule has 0 aliphatic rings. The summed E-state index contributed by atoms with van der Waals surface area (Å²) < 4.78 is 18.7. The Hall–Kier alpha value is -1.49. The molecule has 1 nitrogen and oxygen atoms in total. The van der Waals surface area contributed by atoms with Crippen molar-refractivity contribution < 1.29 is 9.13 Å². The van der Waals surface area contributed by atoms with E-state index in [0.717, 1.165) is 0 Å². The second-order valence-electron chi connectivity index (χ2n) is 4.64. The number of hydrogen-bond donors (Lipinski definition) is 0. The van der Waals surface area contributed by atoms with E-state index in [-0.39, 0.29) is 11.2 Å². The Morgan fingerprint density at radius 2 is 2.07 bits per heavy atom. The number of rotatable bonds is 2. The average molecular weight is 206 g/mol. The largest absolute Gasteiger partial charge is 0.490 e. The van der Waals surface area contributed by atoms with Gasteiger partial charge in [-0.2, -0.15) is 0 Å². The first-order valence-corrected chi connectivity index (χ1v) is 4.81. The summed E-state index contributed by atoms with van der Waals surface area (Å²) in [6.45, 7) is 6.56. The third-order valence-electron chi connectivity index (χ3n) is 1.76. The molecule has 0 radical (unpaired) electrons. The van der Waals surface area contributed by atoms with Crippen molar-refractivity contribution in [1.29, 1.82) is 0 Å². The molecule has 0 bridgehead atoms. The van der Waals surface area contributed by atoms with Gasteiger partial charge in [-0.1, -0.05) is 26.7 Å². The van der Waals surface area contributed by atoms with E-state index in [0.29, 0.717) is 12.2 Å². The molecule has 0 aliphatic carbocycles. The van der Waals surface area contributed by atoms with Gasteiger partial charge in [0.15, 0.2) is 11.6 Å². The smallest absolute Gasteiger partial charge is 0.166 e. The molecule has 0 heterocycles. The van der Waals surface area contributed by atoms with Crippen LogP contribution in [-0.2, 0) is 0 Å². The summed E-state index contributed by atoms with van der Waals surface area (Å²) >= 11 is 0. The fourth-order valence-electron chi connectivity index (χ4n) is 1.00. The predicted octanol–water partition coefficient (Wildman–Crippen LogP) is 3.23. The van der Waals surface area contributed by atoms with Crippen LogP contribution >= 0.6 is 0 Å². The van der Waals surface area contributed by atoms with Crippen LogP contribution in [0, 0.1) is 23.6 Å². The standard InChI is InChI=1S/C13H15FO/c1-5-10-6-7-12(11(14)8-10)15-9-13(2,3)4/h1,6-8H,9H2,2-4H3. The molecule has 0 unspecified atom stereocenters. The zero-order valence-corrected chi connectivity index (χ0v) is 9.30. The quantitative estimate of drug-likeness (QED) is 0.675. The van der Waals surface area contributed by atoms with Crippen molar-refractivity contribution in [2.24, 2.45) is 5.41 Å². The van der Waals surface area contributed by atoms with Crippen LogP contribution < -0.4 is 4.74 Å². The van der Waals surface area contributed by atoms with Crippen molar-refractivity contribution in [2.75, 3.05) is 6.61 Å². The van der Waals surface area contributed by atoms with Gasteiger partial charge >= 0.3 is 0 Å². The van der Waals surface area contributed by atoms with Crippen LogP contribution in [0.25, 0.3) is 0 Å². The second-order valence-corrected chi connectivity index (χ2v) is 4.64. The number of halogens is 1. The van der Waals surface area contributed by atoms with Crippen molar-refractivity contribution in [2.45, 2.75) is 20.8 Å². The number of terminal acetylenes is 1. The molecule has 0 saturated heterocycles. The molecular weight excluding hydrogens is 191 g/mol. The summed E-state index contributed by atoms with van der Waals surface area (Å²) in [5, 5.41) is 0. The minimum atomic E-state index is -0.408. The summed E-state index contributed by atoms with van der Waals surface area (Å²) in [6, 6.07) is 4.54. The van der Waals surface area contributed by atoms with Gasteiger partial charge in [-0.05, 0) is 23.6 Å². The lowest BCUT2D eigenvalue weighted by molar-refractivity contribution is 0.191. The lowest BCUT2D eigenvalue weighted by Gasteiger charge is -2.19. The van der Waals surface area contributed by atoms with Gasteiger partial charge in [0.2, 0.25) is 0 Å². The highest BCUT2D eigenvalue weighted by Crippen LogP contribution is 2.21. The van der Waals surface area contributed by atoms with Crippen LogP contribution in [0.2, 0.25) is 0 Å². The minimum Gasteiger partial charge on any atom is -0.490 e. The number of hydrogen-bond acceptors (Lipinski definition) is 1. The third-order valence-corrected chi connectivity index (χ3v) is 1.76. The number of ether oxygens (including phenoxy) is 1. The van der Waals surface area contributed by atoms with Crippen LogP contribution in [0.15, 0.2) is 18.2 Å². The molecule has 0 atom stereocenters. The predicted molar refractivity (Wildman–Crippen MR) is 59.3 cm³/mol. The molecule has 1 aromatic carbocycles. The molecule has 0 amide bonds. The average Bonchev–Trinajstić information content (AvgIpc) is 2.14. The van der Waals surface area contributed by atoms with Crippen LogP contribution in [0.4, 0.5) is 4.39 Å². The third kappa shape index (κ3) is 3.63. The van der Waals surface area contributed by atoms with Crippen LogP contribution in [0.1, 0.15) is 26.3 Å². The van der Waals surface area contributed by atoms with Crippen molar-refractivity contribution in [3.63, 3.8) is 0 Å². The lowest BCUT2D eigenvalue weighted by Crippen LogP contribution is -2.17. The maximum Gasteiger partial charge on any atom is 0.166 e. The molecule has 2 heteroatoms. The summed E-state index contributed by atoms with van der Waals surface area (Å²) in [6.07, 6.45) is 5.15. The number of benzene rings is 1. The van der Waals surface area contributed by atoms with Crippen LogP contribution in [0.5, 0.6) is 5.75 Å². The normalized spacial score (nSPS) is 10.9. The fraction of sp³-hybridized carbons (Fsp3) is 0.385. The molecule has 0 saturated carbocycles. The van der Waals surface area contributed by atoms with Gasteiger partial charge < -0.3 is 4.74 Å². The Bertz CT molecular complexity index is 383. The van der Waals surface area contributed by atoms with E-state index in [4.69, 9.17) is 11.2 Å². The van der Waals surface area contributed by atoms with Crippen LogP contribution in [-0.4, -0.2) is 6.61 Å². The SMILES string of the molecule is C#Cc1ccc(OCC(C)(C)C)c(F)c1. The van der Waals surface area contributed by atoms with E-state index in [9.17, 15) is 4.39 Å². The molecule has 80 valence electrons. The molecule has 0 fully saturated rings. The molecule has 0 aliphatic heterocycles. The Morgan fingerprint density at radius 1 is 1.40 bits per heavy atom. The zero-order chi connectivity index (χ0) is 11.5. The molecule has 0 aromatic heterocycles. The highest BCUT2D eigenvalue weighted by molar-refractivity contribution is 5.37. The van der Waals surface area contributed by atoms with E-state index >= 15 is 0 Å². The van der Waals surface area contributed by atoms with E-state index in [1.54, 1.807) is 12.1 Å². The fourth-order valence-corrected chi connectivity index (χ4v) is 1.00. The maximum atomic E-state index is 13.4. The summed E-state index contributed by atoms with van der Waals surface area (Å²) in [4.78, 5) is 0. The maximum absolute atomic E-state index is 13.4. The Labute approximate surface area is 90.3 Å². The van der Waals surface area contributed by atoms with Gasteiger partial charge in [0.1, 0.15) is 0 Å². The highest BCUT2D eigenvalue weighted by atomic mass is 19.1. The highest BCUT2D eigenvalue weighted by Gasteiger charge is 2.12. The van der Waals surface area contributed by atoms with Gasteiger partial charge in [0.05, 0.1) is 6.61 Å². The van der Waals surface area contributed by atoms with E-state index in [2.05, 4.69) is 5.92 Å². The van der Waals surface area contributed by atoms with E-state index < -0.39 is 5.82 Å². The van der Waals surface area contributed by atoms with E-state index in [1.807, 2.05) is 20.8 Å². The lowest BCUT2D eigenvalue weighted by atomic mass is 9.99. The van der Waals surface area contributed by atoms with Gasteiger partial charge in [-0.15, -0.1) is 6.42 Å². The van der Waals surface area contributed by atoms with Crippen molar-refractivity contribution in [1.82, 2.24) is 0 Å². The van der Waals surface area contributed by atoms with Gasteiger partial charge in [-0.25, -0.2) is 4.39 Å².